The maximum absolute atomic E-state index is 13.0. The summed E-state index contributed by atoms with van der Waals surface area (Å²) in [4.78, 5) is 12.7. The summed E-state index contributed by atoms with van der Waals surface area (Å²) in [5, 5.41) is 3.16. The largest absolute Gasteiger partial charge is 0.326 e. The van der Waals surface area contributed by atoms with Gasteiger partial charge in [-0.05, 0) is 73.0 Å². The molecule has 1 saturated heterocycles. The standard InChI is InChI=1S/C25H25ClFN3O5S2/c26-24-4-2-1-3-19(24)17-36(32,33)30-15-13-18(14-16-30)25(31)28-21-9-11-23(12-10-21)37(34,35)29-22-7-5-20(27)6-8-22/h1-12,18,29H,13-17H2,(H,28,31). The summed E-state index contributed by atoms with van der Waals surface area (Å²) in [5.41, 5.74) is 1.17. The van der Waals surface area contributed by atoms with Gasteiger partial charge in [0.25, 0.3) is 10.0 Å². The Labute approximate surface area is 220 Å². The number of benzene rings is 3. The lowest BCUT2D eigenvalue weighted by Gasteiger charge is -2.30. The molecule has 0 saturated carbocycles. The van der Waals surface area contributed by atoms with Crippen LogP contribution in [0.4, 0.5) is 15.8 Å². The first-order chi connectivity index (χ1) is 17.5. The third kappa shape index (κ3) is 6.86. The second-order valence-electron chi connectivity index (χ2n) is 8.65. The maximum atomic E-state index is 13.0. The van der Waals surface area contributed by atoms with Gasteiger partial charge in [-0.3, -0.25) is 9.52 Å². The Balaban J connectivity index is 1.31. The smallest absolute Gasteiger partial charge is 0.261 e. The van der Waals surface area contributed by atoms with Crippen molar-refractivity contribution < 1.29 is 26.0 Å². The van der Waals surface area contributed by atoms with Crippen molar-refractivity contribution in [3.63, 3.8) is 0 Å². The molecule has 0 aliphatic carbocycles. The fourth-order valence-electron chi connectivity index (χ4n) is 3.99. The minimum absolute atomic E-state index is 0.0214. The number of amides is 1. The molecule has 12 heteroatoms. The predicted molar refractivity (Wildman–Crippen MR) is 141 cm³/mol. The van der Waals surface area contributed by atoms with Crippen molar-refractivity contribution in [1.29, 1.82) is 0 Å². The van der Waals surface area contributed by atoms with Gasteiger partial charge in [0.1, 0.15) is 5.82 Å². The van der Waals surface area contributed by atoms with Crippen molar-refractivity contribution in [2.24, 2.45) is 5.92 Å². The van der Waals surface area contributed by atoms with E-state index in [2.05, 4.69) is 10.0 Å². The Morgan fingerprint density at radius 1 is 0.892 bits per heavy atom. The van der Waals surface area contributed by atoms with Crippen LogP contribution in [0.25, 0.3) is 0 Å². The van der Waals surface area contributed by atoms with Crippen molar-refractivity contribution >= 4 is 48.9 Å². The lowest BCUT2D eigenvalue weighted by Crippen LogP contribution is -2.41. The molecule has 0 unspecified atom stereocenters. The molecule has 1 heterocycles. The van der Waals surface area contributed by atoms with Crippen LogP contribution in [0.3, 0.4) is 0 Å². The summed E-state index contributed by atoms with van der Waals surface area (Å²) in [6.07, 6.45) is 0.725. The van der Waals surface area contributed by atoms with Gasteiger partial charge in [-0.25, -0.2) is 25.5 Å². The normalized spacial score (nSPS) is 15.3. The summed E-state index contributed by atoms with van der Waals surface area (Å²) in [6, 6.07) is 17.4. The van der Waals surface area contributed by atoms with Gasteiger partial charge in [-0.2, -0.15) is 0 Å². The number of nitrogens with zero attached hydrogens (tertiary/aromatic N) is 1. The van der Waals surface area contributed by atoms with E-state index in [0.717, 1.165) is 12.1 Å². The van der Waals surface area contributed by atoms with Crippen LogP contribution in [0.5, 0.6) is 0 Å². The van der Waals surface area contributed by atoms with Crippen LogP contribution in [-0.4, -0.2) is 40.1 Å². The minimum atomic E-state index is -3.89. The number of halogens is 2. The van der Waals surface area contributed by atoms with Gasteiger partial charge in [-0.15, -0.1) is 0 Å². The number of hydrogen-bond acceptors (Lipinski definition) is 5. The summed E-state index contributed by atoms with van der Waals surface area (Å²) >= 11 is 6.10. The monoisotopic (exact) mass is 565 g/mol. The molecule has 4 rings (SSSR count). The van der Waals surface area contributed by atoms with Gasteiger partial charge >= 0.3 is 0 Å². The molecule has 1 aliphatic rings. The lowest BCUT2D eigenvalue weighted by atomic mass is 9.97. The molecule has 0 spiro atoms. The van der Waals surface area contributed by atoms with Crippen LogP contribution >= 0.6 is 11.6 Å². The Kier molecular flexibility index (Phi) is 8.17. The van der Waals surface area contributed by atoms with Crippen molar-refractivity contribution in [2.75, 3.05) is 23.1 Å². The van der Waals surface area contributed by atoms with E-state index in [1.165, 1.54) is 40.7 Å². The summed E-state index contributed by atoms with van der Waals surface area (Å²) in [7, 11) is -7.47. The van der Waals surface area contributed by atoms with Gasteiger partial charge in [0.05, 0.1) is 10.6 Å². The number of piperidine rings is 1. The van der Waals surface area contributed by atoms with Crippen LogP contribution < -0.4 is 10.0 Å². The Morgan fingerprint density at radius 2 is 1.49 bits per heavy atom. The highest BCUT2D eigenvalue weighted by molar-refractivity contribution is 7.92. The molecule has 37 heavy (non-hydrogen) atoms. The molecule has 1 aliphatic heterocycles. The van der Waals surface area contributed by atoms with Crippen molar-refractivity contribution in [2.45, 2.75) is 23.5 Å². The lowest BCUT2D eigenvalue weighted by molar-refractivity contribution is -0.120. The molecule has 0 bridgehead atoms. The molecule has 0 atom stereocenters. The van der Waals surface area contributed by atoms with Crippen molar-refractivity contribution in [3.05, 3.63) is 89.2 Å². The SMILES string of the molecule is O=C(Nc1ccc(S(=O)(=O)Nc2ccc(F)cc2)cc1)C1CCN(S(=O)(=O)Cc2ccccc2Cl)CC1. The van der Waals surface area contributed by atoms with E-state index in [-0.39, 0.29) is 41.3 Å². The number of anilines is 2. The fraction of sp³-hybridized carbons (Fsp3) is 0.240. The van der Waals surface area contributed by atoms with E-state index < -0.39 is 25.9 Å². The van der Waals surface area contributed by atoms with E-state index in [9.17, 15) is 26.0 Å². The van der Waals surface area contributed by atoms with Gasteiger partial charge in [-0.1, -0.05) is 29.8 Å². The Morgan fingerprint density at radius 3 is 2.11 bits per heavy atom. The average molecular weight is 566 g/mol. The van der Waals surface area contributed by atoms with Gasteiger partial charge in [0.15, 0.2) is 0 Å². The molecule has 8 nitrogen and oxygen atoms in total. The number of sulfonamides is 2. The van der Waals surface area contributed by atoms with Gasteiger partial charge in [0, 0.05) is 35.4 Å². The first kappa shape index (κ1) is 27.1. The zero-order valence-corrected chi connectivity index (χ0v) is 22.0. The minimum Gasteiger partial charge on any atom is -0.326 e. The topological polar surface area (TPSA) is 113 Å². The zero-order valence-electron chi connectivity index (χ0n) is 19.6. The van der Waals surface area contributed by atoms with Crippen LogP contribution in [0.15, 0.2) is 77.7 Å². The highest BCUT2D eigenvalue weighted by Gasteiger charge is 2.31. The zero-order chi connectivity index (χ0) is 26.6. The summed E-state index contributed by atoms with van der Waals surface area (Å²) < 4.78 is 67.5. The third-order valence-electron chi connectivity index (χ3n) is 6.04. The Hall–Kier alpha value is -2.99. The highest BCUT2D eigenvalue weighted by Crippen LogP contribution is 2.26. The van der Waals surface area contributed by atoms with Crippen LogP contribution in [0.2, 0.25) is 5.02 Å². The van der Waals surface area contributed by atoms with E-state index in [1.54, 1.807) is 24.3 Å². The summed E-state index contributed by atoms with van der Waals surface area (Å²) in [5.74, 6) is -1.32. The second kappa shape index (κ2) is 11.2. The number of carbonyl (C=O) groups is 1. The third-order valence-corrected chi connectivity index (χ3v) is 9.64. The molecular formula is C25H25ClFN3O5S2. The van der Waals surface area contributed by atoms with Crippen molar-refractivity contribution in [3.8, 4) is 0 Å². The van der Waals surface area contributed by atoms with E-state index in [4.69, 9.17) is 11.6 Å². The van der Waals surface area contributed by atoms with E-state index in [0.29, 0.717) is 29.1 Å². The number of carbonyl (C=O) groups excluding carboxylic acids is 1. The van der Waals surface area contributed by atoms with Crippen LogP contribution in [0, 0.1) is 11.7 Å². The van der Waals surface area contributed by atoms with E-state index in [1.807, 2.05) is 0 Å². The van der Waals surface area contributed by atoms with E-state index >= 15 is 0 Å². The van der Waals surface area contributed by atoms with Gasteiger partial charge < -0.3 is 5.32 Å². The summed E-state index contributed by atoms with van der Waals surface area (Å²) in [6.45, 7) is 0.439. The molecule has 1 amide bonds. The number of rotatable bonds is 8. The molecule has 0 aromatic heterocycles. The predicted octanol–water partition coefficient (Wildman–Crippen LogP) is 4.46. The quantitative estimate of drug-likeness (QED) is 0.419. The molecule has 1 fully saturated rings. The first-order valence-electron chi connectivity index (χ1n) is 11.4. The fourth-order valence-corrected chi connectivity index (χ4v) is 6.93. The molecule has 2 N–H and O–H groups in total. The highest BCUT2D eigenvalue weighted by atomic mass is 35.5. The molecule has 0 radical (unpaired) electrons. The first-order valence-corrected chi connectivity index (χ1v) is 14.9. The molecule has 3 aromatic carbocycles. The average Bonchev–Trinajstić information content (AvgIpc) is 2.87. The maximum Gasteiger partial charge on any atom is 0.261 e. The number of hydrogen-bond donors (Lipinski definition) is 2. The van der Waals surface area contributed by atoms with Crippen LogP contribution in [-0.2, 0) is 30.6 Å². The van der Waals surface area contributed by atoms with Gasteiger partial charge in [0.2, 0.25) is 15.9 Å². The molecule has 3 aromatic rings. The number of nitrogens with one attached hydrogen (secondary N) is 2. The van der Waals surface area contributed by atoms with Crippen molar-refractivity contribution in [1.82, 2.24) is 4.31 Å². The second-order valence-corrected chi connectivity index (χ2v) is 12.7. The molecular weight excluding hydrogens is 541 g/mol. The Bertz CT molecular complexity index is 1470. The van der Waals surface area contributed by atoms with Crippen LogP contribution in [0.1, 0.15) is 18.4 Å². The molecule has 196 valence electrons.